The van der Waals surface area contributed by atoms with E-state index in [4.69, 9.17) is 0 Å². The molecule has 0 bridgehead atoms. The summed E-state index contributed by atoms with van der Waals surface area (Å²) in [6.07, 6.45) is 3.21. The molecule has 0 unspecified atom stereocenters. The van der Waals surface area contributed by atoms with Crippen molar-refractivity contribution in [2.45, 2.75) is 40.0 Å². The SMILES string of the molecule is CCC(=O)CN1CCCC(C)(C)C1. The number of piperidine rings is 1. The molecule has 0 aromatic rings. The van der Waals surface area contributed by atoms with Gasteiger partial charge in [0.1, 0.15) is 5.78 Å². The van der Waals surface area contributed by atoms with Crippen molar-refractivity contribution in [1.82, 2.24) is 4.90 Å². The van der Waals surface area contributed by atoms with Gasteiger partial charge in [0.05, 0.1) is 6.54 Å². The lowest BCUT2D eigenvalue weighted by Crippen LogP contribution is -2.42. The van der Waals surface area contributed by atoms with Crippen LogP contribution in [-0.4, -0.2) is 30.3 Å². The number of Topliss-reactive ketones (excluding diaryl/α,β-unsaturated/α-hetero) is 1. The predicted octanol–water partition coefficient (Wildman–Crippen LogP) is 2.09. The molecule has 1 rings (SSSR count). The Morgan fingerprint density at radius 2 is 2.15 bits per heavy atom. The van der Waals surface area contributed by atoms with E-state index in [9.17, 15) is 4.79 Å². The maximum absolute atomic E-state index is 11.2. The molecule has 1 aliphatic rings. The van der Waals surface area contributed by atoms with Gasteiger partial charge in [-0.25, -0.2) is 0 Å². The minimum absolute atomic E-state index is 0.373. The molecular weight excluding hydrogens is 162 g/mol. The Morgan fingerprint density at radius 1 is 1.46 bits per heavy atom. The summed E-state index contributed by atoms with van der Waals surface area (Å²) < 4.78 is 0. The molecular formula is C11H21NO. The highest BCUT2D eigenvalue weighted by molar-refractivity contribution is 5.80. The third-order valence-electron chi connectivity index (χ3n) is 2.77. The fraction of sp³-hybridized carbons (Fsp3) is 0.909. The lowest BCUT2D eigenvalue weighted by molar-refractivity contribution is -0.120. The van der Waals surface area contributed by atoms with Crippen molar-refractivity contribution in [2.75, 3.05) is 19.6 Å². The Balaban J connectivity index is 2.39. The Bertz CT molecular complexity index is 187. The van der Waals surface area contributed by atoms with Crippen LogP contribution in [0.2, 0.25) is 0 Å². The minimum atomic E-state index is 0.373. The van der Waals surface area contributed by atoms with Crippen molar-refractivity contribution in [2.24, 2.45) is 5.41 Å². The lowest BCUT2D eigenvalue weighted by Gasteiger charge is -2.37. The van der Waals surface area contributed by atoms with E-state index >= 15 is 0 Å². The van der Waals surface area contributed by atoms with Crippen LogP contribution < -0.4 is 0 Å². The van der Waals surface area contributed by atoms with Gasteiger partial charge in [-0.1, -0.05) is 20.8 Å². The Kier molecular flexibility index (Phi) is 3.48. The molecule has 0 aromatic carbocycles. The van der Waals surface area contributed by atoms with Gasteiger partial charge in [0.15, 0.2) is 0 Å². The molecule has 2 nitrogen and oxygen atoms in total. The second-order valence-electron chi connectivity index (χ2n) is 4.87. The van der Waals surface area contributed by atoms with Gasteiger partial charge in [-0.2, -0.15) is 0 Å². The zero-order valence-electron chi connectivity index (χ0n) is 9.10. The van der Waals surface area contributed by atoms with E-state index in [2.05, 4.69) is 18.7 Å². The summed E-state index contributed by atoms with van der Waals surface area (Å²) >= 11 is 0. The second-order valence-corrected chi connectivity index (χ2v) is 4.87. The topological polar surface area (TPSA) is 20.3 Å². The van der Waals surface area contributed by atoms with Crippen LogP contribution in [0.1, 0.15) is 40.0 Å². The molecule has 1 heterocycles. The van der Waals surface area contributed by atoms with Crippen molar-refractivity contribution in [3.63, 3.8) is 0 Å². The van der Waals surface area contributed by atoms with Gasteiger partial charge in [0.25, 0.3) is 0 Å². The van der Waals surface area contributed by atoms with Crippen molar-refractivity contribution < 1.29 is 4.79 Å². The van der Waals surface area contributed by atoms with Gasteiger partial charge in [0, 0.05) is 13.0 Å². The summed E-state index contributed by atoms with van der Waals surface area (Å²) in [6.45, 7) is 9.37. The molecule has 2 heteroatoms. The second kappa shape index (κ2) is 4.23. The number of hydrogen-bond donors (Lipinski definition) is 0. The fourth-order valence-corrected chi connectivity index (χ4v) is 2.04. The molecule has 0 spiro atoms. The van der Waals surface area contributed by atoms with Crippen LogP contribution in [0.25, 0.3) is 0 Å². The molecule has 1 aliphatic heterocycles. The normalized spacial score (nSPS) is 23.0. The third-order valence-corrected chi connectivity index (χ3v) is 2.77. The first-order valence-corrected chi connectivity index (χ1v) is 5.27. The van der Waals surface area contributed by atoms with E-state index in [1.807, 2.05) is 6.92 Å². The highest BCUT2D eigenvalue weighted by Crippen LogP contribution is 2.28. The smallest absolute Gasteiger partial charge is 0.146 e. The molecule has 0 aromatic heterocycles. The van der Waals surface area contributed by atoms with Crippen LogP contribution in [0.5, 0.6) is 0 Å². The van der Waals surface area contributed by atoms with Crippen molar-refractivity contribution in [3.05, 3.63) is 0 Å². The maximum atomic E-state index is 11.2. The molecule has 0 N–H and O–H groups in total. The molecule has 0 radical (unpaired) electrons. The van der Waals surface area contributed by atoms with E-state index < -0.39 is 0 Å². The summed E-state index contributed by atoms with van der Waals surface area (Å²) in [6, 6.07) is 0. The minimum Gasteiger partial charge on any atom is -0.298 e. The number of carbonyl (C=O) groups is 1. The largest absolute Gasteiger partial charge is 0.298 e. The van der Waals surface area contributed by atoms with Gasteiger partial charge >= 0.3 is 0 Å². The number of likely N-dealkylation sites (tertiary alicyclic amines) is 1. The van der Waals surface area contributed by atoms with Crippen LogP contribution in [0.15, 0.2) is 0 Å². The van der Waals surface area contributed by atoms with Crippen molar-refractivity contribution >= 4 is 5.78 Å². The summed E-state index contributed by atoms with van der Waals surface area (Å²) in [4.78, 5) is 13.6. The molecule has 0 atom stereocenters. The number of carbonyl (C=O) groups excluding carboxylic acids is 1. The average Bonchev–Trinajstić information content (AvgIpc) is 2.02. The molecule has 0 saturated carbocycles. The summed E-state index contributed by atoms with van der Waals surface area (Å²) in [5.74, 6) is 0.373. The van der Waals surface area contributed by atoms with Crippen LogP contribution in [0.4, 0.5) is 0 Å². The van der Waals surface area contributed by atoms with Crippen LogP contribution >= 0.6 is 0 Å². The first-order chi connectivity index (χ1) is 6.03. The average molecular weight is 183 g/mol. The van der Waals surface area contributed by atoms with Gasteiger partial charge in [0.2, 0.25) is 0 Å². The van der Waals surface area contributed by atoms with Crippen molar-refractivity contribution in [1.29, 1.82) is 0 Å². The Labute approximate surface area is 81.3 Å². The van der Waals surface area contributed by atoms with Crippen LogP contribution in [-0.2, 0) is 4.79 Å². The van der Waals surface area contributed by atoms with E-state index in [0.29, 0.717) is 24.2 Å². The molecule has 1 fully saturated rings. The zero-order chi connectivity index (χ0) is 9.90. The maximum Gasteiger partial charge on any atom is 0.146 e. The molecule has 13 heavy (non-hydrogen) atoms. The first-order valence-electron chi connectivity index (χ1n) is 5.27. The van der Waals surface area contributed by atoms with Crippen molar-refractivity contribution in [3.8, 4) is 0 Å². The van der Waals surface area contributed by atoms with Crippen LogP contribution in [0, 0.1) is 5.41 Å². The van der Waals surface area contributed by atoms with E-state index in [0.717, 1.165) is 13.1 Å². The van der Waals surface area contributed by atoms with E-state index in [-0.39, 0.29) is 0 Å². The van der Waals surface area contributed by atoms with Gasteiger partial charge in [-0.05, 0) is 24.8 Å². The Morgan fingerprint density at radius 3 is 2.69 bits per heavy atom. The first kappa shape index (κ1) is 10.7. The van der Waals surface area contributed by atoms with E-state index in [1.54, 1.807) is 0 Å². The van der Waals surface area contributed by atoms with Gasteiger partial charge in [-0.3, -0.25) is 9.69 Å². The van der Waals surface area contributed by atoms with Gasteiger partial charge in [-0.15, -0.1) is 0 Å². The zero-order valence-corrected chi connectivity index (χ0v) is 9.10. The van der Waals surface area contributed by atoms with Gasteiger partial charge < -0.3 is 0 Å². The molecule has 0 aliphatic carbocycles. The predicted molar refractivity (Wildman–Crippen MR) is 54.8 cm³/mol. The number of rotatable bonds is 3. The standard InChI is InChI=1S/C11H21NO/c1-4-10(13)8-12-7-5-6-11(2,3)9-12/h4-9H2,1-3H3. The monoisotopic (exact) mass is 183 g/mol. The molecule has 0 amide bonds. The molecule has 76 valence electrons. The molecule has 1 saturated heterocycles. The quantitative estimate of drug-likeness (QED) is 0.667. The highest BCUT2D eigenvalue weighted by atomic mass is 16.1. The highest BCUT2D eigenvalue weighted by Gasteiger charge is 2.26. The number of hydrogen-bond acceptors (Lipinski definition) is 2. The van der Waals surface area contributed by atoms with E-state index in [1.165, 1.54) is 12.8 Å². The summed E-state index contributed by atoms with van der Waals surface area (Å²) in [5, 5.41) is 0. The lowest BCUT2D eigenvalue weighted by atomic mass is 9.84. The Hall–Kier alpha value is -0.370. The summed E-state index contributed by atoms with van der Waals surface area (Å²) in [5.41, 5.74) is 0.409. The van der Waals surface area contributed by atoms with Crippen LogP contribution in [0.3, 0.4) is 0 Å². The fourth-order valence-electron chi connectivity index (χ4n) is 2.04. The summed E-state index contributed by atoms with van der Waals surface area (Å²) in [7, 11) is 0. The number of nitrogens with zero attached hydrogens (tertiary/aromatic N) is 1. The third kappa shape index (κ3) is 3.47. The number of ketones is 1.